The van der Waals surface area contributed by atoms with Gasteiger partial charge in [0.25, 0.3) is 5.91 Å². The van der Waals surface area contributed by atoms with E-state index in [1.54, 1.807) is 0 Å². The van der Waals surface area contributed by atoms with Crippen LogP contribution >= 0.6 is 0 Å². The summed E-state index contributed by atoms with van der Waals surface area (Å²) in [5.41, 5.74) is 4.03. The van der Waals surface area contributed by atoms with Crippen molar-refractivity contribution in [3.05, 3.63) is 48.6 Å². The van der Waals surface area contributed by atoms with E-state index in [4.69, 9.17) is 9.84 Å². The first-order valence-corrected chi connectivity index (χ1v) is 13.8. The number of aromatic carboxylic acids is 1. The van der Waals surface area contributed by atoms with Crippen molar-refractivity contribution in [2.75, 3.05) is 14.2 Å². The Hall–Kier alpha value is -3.71. The molecule has 0 saturated heterocycles. The number of quaternary nitrogens is 1. The van der Waals surface area contributed by atoms with E-state index in [2.05, 4.69) is 35.7 Å². The number of amides is 1. The molecule has 5 N–H and O–H groups in total. The Bertz CT molecular complexity index is 1090. The standard InChI is InChI=1S/C14H19N3O3.C9H17NO2.C5H4N2O2.4CH4.ClH/c1-20-14(19)12(10-5-3-2-4-6-10)17-13(18)11-9-15-7-8-16-11;1-12-9(11)8(10)7-5-3-2-4-6-7;8-5(9)4-3-6-1-2-7-4;;;;;/h7-10,12H,2-6H2,1H3,(H,17,18);7-8H,2-6,10H2,1H3;1-3H,(H,8,9);4*1H4;1H/t12-;8-;;;;;;/m00....../s1. The summed E-state index contributed by atoms with van der Waals surface area (Å²) in [6, 6.07) is -0.745. The van der Waals surface area contributed by atoms with Crippen LogP contribution in [0, 0.1) is 11.8 Å². The third-order valence-electron chi connectivity index (χ3n) is 7.16. The molecule has 2 aliphatic carbocycles. The van der Waals surface area contributed by atoms with Gasteiger partial charge in [-0.25, -0.2) is 24.4 Å². The van der Waals surface area contributed by atoms with Crippen molar-refractivity contribution >= 4 is 23.8 Å². The lowest BCUT2D eigenvalue weighted by Gasteiger charge is -2.28. The predicted octanol–water partition coefficient (Wildman–Crippen LogP) is 1.40. The van der Waals surface area contributed by atoms with Crippen LogP contribution in [-0.4, -0.2) is 75.2 Å². The lowest BCUT2D eigenvalue weighted by atomic mass is 9.84. The number of halogens is 1. The molecule has 0 aliphatic heterocycles. The highest BCUT2D eigenvalue weighted by Crippen LogP contribution is 2.27. The maximum absolute atomic E-state index is 12.1. The lowest BCUT2D eigenvalue weighted by Crippen LogP contribution is -3.00. The molecule has 2 heterocycles. The average molecular weight is 673 g/mol. The van der Waals surface area contributed by atoms with Crippen LogP contribution in [0.5, 0.6) is 0 Å². The summed E-state index contributed by atoms with van der Waals surface area (Å²) in [6.45, 7) is 0. The highest BCUT2D eigenvalue weighted by atomic mass is 35.5. The molecule has 0 aromatic carbocycles. The molecule has 0 radical (unpaired) electrons. The van der Waals surface area contributed by atoms with Crippen molar-refractivity contribution in [3.8, 4) is 0 Å². The first-order valence-electron chi connectivity index (χ1n) is 13.8. The predicted molar refractivity (Wildman–Crippen MR) is 173 cm³/mol. The minimum absolute atomic E-state index is 0. The third-order valence-corrected chi connectivity index (χ3v) is 7.16. The van der Waals surface area contributed by atoms with Crippen LogP contribution in [0.25, 0.3) is 0 Å². The van der Waals surface area contributed by atoms with Gasteiger partial charge in [-0.1, -0.05) is 68.2 Å². The molecule has 0 bridgehead atoms. The first-order chi connectivity index (χ1) is 19.8. The molecular formula is C32H57ClN6O7. The number of carbonyl (C=O) groups excluding carboxylic acids is 3. The Kier molecular flexibility index (Phi) is 29.5. The largest absolute Gasteiger partial charge is 1.00 e. The third kappa shape index (κ3) is 17.1. The molecule has 2 atom stereocenters. The molecule has 2 aromatic rings. The van der Waals surface area contributed by atoms with Gasteiger partial charge in [-0.3, -0.25) is 14.8 Å². The van der Waals surface area contributed by atoms with Crippen LogP contribution in [0.2, 0.25) is 0 Å². The minimum atomic E-state index is -1.05. The summed E-state index contributed by atoms with van der Waals surface area (Å²) in [5.74, 6) is -1.39. The highest BCUT2D eigenvalue weighted by molar-refractivity contribution is 5.95. The summed E-state index contributed by atoms with van der Waals surface area (Å²) >= 11 is 0. The van der Waals surface area contributed by atoms with Crippen LogP contribution in [0.15, 0.2) is 37.2 Å². The molecule has 46 heavy (non-hydrogen) atoms. The van der Waals surface area contributed by atoms with Gasteiger partial charge < -0.3 is 38.0 Å². The quantitative estimate of drug-likeness (QED) is 0.359. The zero-order valence-electron chi connectivity index (χ0n) is 24.1. The first kappa shape index (κ1) is 49.2. The molecule has 2 saturated carbocycles. The topological polar surface area (TPSA) is 198 Å². The number of carboxylic acid groups (broad SMARTS) is 1. The fourth-order valence-electron chi connectivity index (χ4n) is 4.89. The molecule has 13 nitrogen and oxygen atoms in total. The zero-order chi connectivity index (χ0) is 30.0. The summed E-state index contributed by atoms with van der Waals surface area (Å²) in [7, 11) is 2.77. The number of aromatic nitrogens is 4. The number of carboxylic acids is 1. The number of nitrogens with one attached hydrogen (secondary N) is 1. The number of hydrogen-bond donors (Lipinski definition) is 3. The minimum Gasteiger partial charge on any atom is -1.00 e. The van der Waals surface area contributed by atoms with Gasteiger partial charge in [0.05, 0.1) is 26.6 Å². The Morgan fingerprint density at radius 3 is 1.54 bits per heavy atom. The summed E-state index contributed by atoms with van der Waals surface area (Å²) in [5, 5.41) is 11.0. The number of rotatable bonds is 7. The smallest absolute Gasteiger partial charge is 0.364 e. The van der Waals surface area contributed by atoms with Crippen LogP contribution in [0.4, 0.5) is 0 Å². The molecule has 264 valence electrons. The van der Waals surface area contributed by atoms with Crippen molar-refractivity contribution < 1.29 is 51.9 Å². The van der Waals surface area contributed by atoms with E-state index >= 15 is 0 Å². The fraction of sp³-hybridized carbons (Fsp3) is 0.625. The summed E-state index contributed by atoms with van der Waals surface area (Å²) in [4.78, 5) is 60.1. The van der Waals surface area contributed by atoms with Gasteiger partial charge in [-0.05, 0) is 31.6 Å². The lowest BCUT2D eigenvalue weighted by molar-refractivity contribution is -0.422. The monoisotopic (exact) mass is 672 g/mol. The maximum Gasteiger partial charge on any atom is 0.364 e. The van der Waals surface area contributed by atoms with E-state index in [-0.39, 0.29) is 77.3 Å². The van der Waals surface area contributed by atoms with Gasteiger partial charge in [-0.15, -0.1) is 0 Å². The van der Waals surface area contributed by atoms with Crippen LogP contribution < -0.4 is 23.5 Å². The second kappa shape index (κ2) is 27.6. The number of esters is 2. The molecule has 0 unspecified atom stereocenters. The molecule has 2 fully saturated rings. The maximum atomic E-state index is 12.1. The molecule has 0 spiro atoms. The summed E-state index contributed by atoms with van der Waals surface area (Å²) in [6.07, 6.45) is 19.6. The van der Waals surface area contributed by atoms with Crippen LogP contribution in [0.3, 0.4) is 0 Å². The Morgan fingerprint density at radius 1 is 0.739 bits per heavy atom. The van der Waals surface area contributed by atoms with E-state index in [1.165, 1.54) is 77.1 Å². The molecule has 14 heteroatoms. The second-order valence-corrected chi connectivity index (χ2v) is 9.89. The van der Waals surface area contributed by atoms with Crippen molar-refractivity contribution in [3.63, 3.8) is 0 Å². The van der Waals surface area contributed by atoms with Crippen molar-refractivity contribution in [1.82, 2.24) is 25.3 Å². The van der Waals surface area contributed by atoms with Gasteiger partial charge in [0.15, 0.2) is 11.7 Å². The normalized spacial score (nSPS) is 14.9. The van der Waals surface area contributed by atoms with Crippen LogP contribution in [-0.2, 0) is 19.1 Å². The second-order valence-electron chi connectivity index (χ2n) is 9.89. The molecular weight excluding hydrogens is 616 g/mol. The van der Waals surface area contributed by atoms with Crippen molar-refractivity contribution in [1.29, 1.82) is 0 Å². The Labute approximate surface area is 281 Å². The zero-order valence-corrected chi connectivity index (χ0v) is 24.9. The van der Waals surface area contributed by atoms with E-state index < -0.39 is 18.0 Å². The van der Waals surface area contributed by atoms with E-state index in [0.29, 0.717) is 5.92 Å². The van der Waals surface area contributed by atoms with Crippen molar-refractivity contribution in [2.24, 2.45) is 11.8 Å². The van der Waals surface area contributed by atoms with Crippen LogP contribution in [0.1, 0.15) is 115 Å². The van der Waals surface area contributed by atoms with E-state index in [1.807, 2.05) is 0 Å². The fourth-order valence-corrected chi connectivity index (χ4v) is 4.89. The molecule has 2 aromatic heterocycles. The van der Waals surface area contributed by atoms with Gasteiger partial charge >= 0.3 is 17.9 Å². The molecule has 4 rings (SSSR count). The van der Waals surface area contributed by atoms with Crippen molar-refractivity contribution in [2.45, 2.75) is 106 Å². The van der Waals surface area contributed by atoms with E-state index in [9.17, 15) is 19.2 Å². The number of carbonyl (C=O) groups is 4. The van der Waals surface area contributed by atoms with Gasteiger partial charge in [-0.2, -0.15) is 0 Å². The summed E-state index contributed by atoms with van der Waals surface area (Å²) < 4.78 is 9.48. The number of ether oxygens (including phenoxy) is 2. The highest BCUT2D eigenvalue weighted by Gasteiger charge is 2.32. The SMILES string of the molecule is C.C.C.C.COC(=O)[C@@H](NC(=O)c1cnccn1)C1CCCCC1.COC(=O)[C@@H]([NH3+])C1CCCCC1.O=C(O)c1cnccn1.[Cl-]. The van der Waals surface area contributed by atoms with Gasteiger partial charge in [0.2, 0.25) is 0 Å². The molecule has 2 aliphatic rings. The Morgan fingerprint density at radius 2 is 1.17 bits per heavy atom. The van der Waals surface area contributed by atoms with Gasteiger partial charge in [0, 0.05) is 30.7 Å². The number of hydrogen-bond acceptors (Lipinski definition) is 10. The number of nitrogens with zero attached hydrogens (tertiary/aromatic N) is 4. The van der Waals surface area contributed by atoms with Gasteiger partial charge in [0.1, 0.15) is 11.7 Å². The van der Waals surface area contributed by atoms with E-state index in [0.717, 1.165) is 38.5 Å². The molecule has 1 amide bonds. The number of methoxy groups -OCH3 is 2. The average Bonchev–Trinajstić information content (AvgIpc) is 3.04. The Balaban J connectivity index is -0.000000295.